The van der Waals surface area contributed by atoms with Crippen molar-refractivity contribution in [2.45, 2.75) is 33.1 Å². The smallest absolute Gasteiger partial charge is 0.0533 e. The van der Waals surface area contributed by atoms with Crippen molar-refractivity contribution in [3.05, 3.63) is 0 Å². The van der Waals surface area contributed by atoms with E-state index in [4.69, 9.17) is 4.74 Å². The van der Waals surface area contributed by atoms with E-state index < -0.39 is 0 Å². The Morgan fingerprint density at radius 2 is 2.08 bits per heavy atom. The molecule has 0 radical (unpaired) electrons. The molecule has 0 saturated heterocycles. The van der Waals surface area contributed by atoms with Crippen molar-refractivity contribution in [2.75, 3.05) is 26.8 Å². The van der Waals surface area contributed by atoms with E-state index in [0.29, 0.717) is 5.41 Å². The summed E-state index contributed by atoms with van der Waals surface area (Å²) < 4.78 is 5.36. The normalized spacial score (nSPS) is 21.5. The van der Waals surface area contributed by atoms with Crippen LogP contribution in [0.15, 0.2) is 0 Å². The maximum absolute atomic E-state index is 5.36. The first-order valence-corrected chi connectivity index (χ1v) is 5.48. The lowest BCUT2D eigenvalue weighted by Gasteiger charge is -2.32. The van der Waals surface area contributed by atoms with Crippen LogP contribution in [0.4, 0.5) is 0 Å². The predicted octanol–water partition coefficient (Wildman–Crippen LogP) is 2.05. The number of rotatable bonds is 7. The van der Waals surface area contributed by atoms with E-state index in [0.717, 1.165) is 25.6 Å². The van der Waals surface area contributed by atoms with Gasteiger partial charge in [0.05, 0.1) is 6.61 Å². The van der Waals surface area contributed by atoms with Gasteiger partial charge in [0.15, 0.2) is 0 Å². The molecule has 1 aliphatic carbocycles. The molecule has 1 fully saturated rings. The molecule has 2 heteroatoms. The van der Waals surface area contributed by atoms with Gasteiger partial charge in [-0.15, -0.1) is 0 Å². The minimum Gasteiger partial charge on any atom is -0.384 e. The van der Waals surface area contributed by atoms with E-state index in [-0.39, 0.29) is 0 Å². The molecular formula is C11H23NO. The molecule has 0 aromatic rings. The van der Waals surface area contributed by atoms with Crippen molar-refractivity contribution in [1.82, 2.24) is 5.32 Å². The fourth-order valence-electron chi connectivity index (χ4n) is 2.19. The van der Waals surface area contributed by atoms with Gasteiger partial charge in [0.25, 0.3) is 0 Å². The third-order valence-corrected chi connectivity index (χ3v) is 3.31. The summed E-state index contributed by atoms with van der Waals surface area (Å²) in [7, 11) is 1.82. The van der Waals surface area contributed by atoms with E-state index in [1.807, 2.05) is 7.11 Å². The zero-order valence-corrected chi connectivity index (χ0v) is 9.23. The van der Waals surface area contributed by atoms with E-state index in [9.17, 15) is 0 Å². The largest absolute Gasteiger partial charge is 0.384 e. The van der Waals surface area contributed by atoms with Crippen molar-refractivity contribution in [2.24, 2.45) is 11.3 Å². The topological polar surface area (TPSA) is 21.3 Å². The van der Waals surface area contributed by atoms with Crippen LogP contribution in [0.3, 0.4) is 0 Å². The van der Waals surface area contributed by atoms with Crippen LogP contribution in [0.2, 0.25) is 0 Å². The monoisotopic (exact) mass is 185 g/mol. The maximum atomic E-state index is 5.36. The summed E-state index contributed by atoms with van der Waals surface area (Å²) in [5.41, 5.74) is 0.421. The van der Waals surface area contributed by atoms with Gasteiger partial charge in [-0.25, -0.2) is 0 Å². The standard InChI is InChI=1S/C11H23NO/c1-4-11(9-13-3,8-12-5-2)10-6-7-10/h10,12H,4-9H2,1-3H3. The molecule has 0 aromatic heterocycles. The van der Waals surface area contributed by atoms with Gasteiger partial charge >= 0.3 is 0 Å². The molecule has 13 heavy (non-hydrogen) atoms. The first-order chi connectivity index (χ1) is 6.29. The molecule has 0 bridgehead atoms. The Labute approximate surface area is 82.0 Å². The Bertz CT molecular complexity index is 145. The van der Waals surface area contributed by atoms with Crippen LogP contribution in [-0.4, -0.2) is 26.8 Å². The van der Waals surface area contributed by atoms with Gasteiger partial charge in [0.1, 0.15) is 0 Å². The molecule has 0 aliphatic heterocycles. The highest BCUT2D eigenvalue weighted by Gasteiger charge is 2.43. The summed E-state index contributed by atoms with van der Waals surface area (Å²) in [4.78, 5) is 0. The Morgan fingerprint density at radius 3 is 2.46 bits per heavy atom. The van der Waals surface area contributed by atoms with Gasteiger partial charge in [0.2, 0.25) is 0 Å². The van der Waals surface area contributed by atoms with Crippen molar-refractivity contribution < 1.29 is 4.74 Å². The summed E-state index contributed by atoms with van der Waals surface area (Å²) in [5.74, 6) is 0.913. The van der Waals surface area contributed by atoms with Gasteiger partial charge in [-0.3, -0.25) is 0 Å². The second-order valence-corrected chi connectivity index (χ2v) is 4.20. The molecule has 1 unspecified atom stereocenters. The summed E-state index contributed by atoms with van der Waals surface area (Å²) >= 11 is 0. The van der Waals surface area contributed by atoms with Crippen LogP contribution >= 0.6 is 0 Å². The van der Waals surface area contributed by atoms with Crippen LogP contribution in [0.5, 0.6) is 0 Å². The van der Waals surface area contributed by atoms with Crippen LogP contribution in [0.1, 0.15) is 33.1 Å². The number of hydrogen-bond acceptors (Lipinski definition) is 2. The lowest BCUT2D eigenvalue weighted by molar-refractivity contribution is 0.0581. The molecule has 0 heterocycles. The van der Waals surface area contributed by atoms with Crippen LogP contribution in [-0.2, 0) is 4.74 Å². The second kappa shape index (κ2) is 4.97. The molecule has 0 aromatic carbocycles. The van der Waals surface area contributed by atoms with Gasteiger partial charge < -0.3 is 10.1 Å². The van der Waals surface area contributed by atoms with E-state index in [2.05, 4.69) is 19.2 Å². The summed E-state index contributed by atoms with van der Waals surface area (Å²) in [6.45, 7) is 7.56. The van der Waals surface area contributed by atoms with Crippen molar-refractivity contribution in [3.8, 4) is 0 Å². The maximum Gasteiger partial charge on any atom is 0.0533 e. The minimum absolute atomic E-state index is 0.421. The van der Waals surface area contributed by atoms with Crippen molar-refractivity contribution in [3.63, 3.8) is 0 Å². The fourth-order valence-corrected chi connectivity index (χ4v) is 2.19. The Kier molecular flexibility index (Phi) is 4.20. The summed E-state index contributed by atoms with van der Waals surface area (Å²) in [5, 5.41) is 3.47. The number of methoxy groups -OCH3 is 1. The highest BCUT2D eigenvalue weighted by atomic mass is 16.5. The number of nitrogens with one attached hydrogen (secondary N) is 1. The molecule has 1 N–H and O–H groups in total. The van der Waals surface area contributed by atoms with E-state index in [1.54, 1.807) is 0 Å². The highest BCUT2D eigenvalue weighted by Crippen LogP contribution is 2.47. The molecule has 1 aliphatic rings. The van der Waals surface area contributed by atoms with E-state index in [1.165, 1.54) is 19.3 Å². The van der Waals surface area contributed by atoms with Crippen molar-refractivity contribution in [1.29, 1.82) is 0 Å². The Balaban J connectivity index is 2.47. The highest BCUT2D eigenvalue weighted by molar-refractivity contribution is 4.94. The average molecular weight is 185 g/mol. The first kappa shape index (κ1) is 11.0. The minimum atomic E-state index is 0.421. The number of hydrogen-bond donors (Lipinski definition) is 1. The molecule has 1 atom stereocenters. The molecule has 78 valence electrons. The zero-order chi connectivity index (χ0) is 9.73. The van der Waals surface area contributed by atoms with Crippen LogP contribution in [0, 0.1) is 11.3 Å². The van der Waals surface area contributed by atoms with Gasteiger partial charge in [0, 0.05) is 19.1 Å². The predicted molar refractivity (Wildman–Crippen MR) is 55.9 cm³/mol. The average Bonchev–Trinajstić information content (AvgIpc) is 2.96. The van der Waals surface area contributed by atoms with E-state index >= 15 is 0 Å². The third kappa shape index (κ3) is 2.68. The zero-order valence-electron chi connectivity index (χ0n) is 9.23. The second-order valence-electron chi connectivity index (χ2n) is 4.20. The van der Waals surface area contributed by atoms with Gasteiger partial charge in [-0.2, -0.15) is 0 Å². The van der Waals surface area contributed by atoms with Gasteiger partial charge in [-0.1, -0.05) is 13.8 Å². The molecule has 1 saturated carbocycles. The Hall–Kier alpha value is -0.0800. The Morgan fingerprint density at radius 1 is 1.38 bits per heavy atom. The third-order valence-electron chi connectivity index (χ3n) is 3.31. The van der Waals surface area contributed by atoms with Crippen molar-refractivity contribution >= 4 is 0 Å². The van der Waals surface area contributed by atoms with Gasteiger partial charge in [-0.05, 0) is 31.7 Å². The van der Waals surface area contributed by atoms with Crippen LogP contribution < -0.4 is 5.32 Å². The lowest BCUT2D eigenvalue weighted by Crippen LogP contribution is -2.39. The molecule has 1 rings (SSSR count). The first-order valence-electron chi connectivity index (χ1n) is 5.48. The fraction of sp³-hybridized carbons (Fsp3) is 1.00. The molecule has 2 nitrogen and oxygen atoms in total. The molecule has 0 amide bonds. The van der Waals surface area contributed by atoms with Crippen LogP contribution in [0.25, 0.3) is 0 Å². The summed E-state index contributed by atoms with van der Waals surface area (Å²) in [6.07, 6.45) is 4.05. The molecular weight excluding hydrogens is 162 g/mol. The number of ether oxygens (including phenoxy) is 1. The SMILES string of the molecule is CCNCC(CC)(COC)C1CC1. The quantitative estimate of drug-likeness (QED) is 0.655. The molecule has 0 spiro atoms. The lowest BCUT2D eigenvalue weighted by atomic mass is 9.80. The summed E-state index contributed by atoms with van der Waals surface area (Å²) in [6, 6.07) is 0.